The largest absolute Gasteiger partial charge is 0.478 e. The van der Waals surface area contributed by atoms with Gasteiger partial charge in [-0.05, 0) is 37.5 Å². The Balaban J connectivity index is 3.34. The Morgan fingerprint density at radius 3 is 2.20 bits per heavy atom. The molecule has 0 saturated carbocycles. The van der Waals surface area contributed by atoms with Gasteiger partial charge in [0.1, 0.15) is 0 Å². The molecular formula is C14H21NO4S. The van der Waals surface area contributed by atoms with Crippen molar-refractivity contribution >= 4 is 16.0 Å². The summed E-state index contributed by atoms with van der Waals surface area (Å²) in [4.78, 5) is 11.2. The van der Waals surface area contributed by atoms with Gasteiger partial charge in [-0.1, -0.05) is 19.9 Å². The molecule has 0 saturated heterocycles. The third-order valence-electron chi connectivity index (χ3n) is 3.08. The smallest absolute Gasteiger partial charge is 0.335 e. The van der Waals surface area contributed by atoms with Crippen LogP contribution in [0.4, 0.5) is 0 Å². The van der Waals surface area contributed by atoms with Crippen molar-refractivity contribution in [3.05, 3.63) is 29.3 Å². The maximum Gasteiger partial charge on any atom is 0.335 e. The van der Waals surface area contributed by atoms with E-state index in [1.807, 2.05) is 13.8 Å². The molecule has 20 heavy (non-hydrogen) atoms. The van der Waals surface area contributed by atoms with Crippen molar-refractivity contribution < 1.29 is 18.3 Å². The third kappa shape index (κ3) is 3.37. The highest BCUT2D eigenvalue weighted by atomic mass is 32.2. The molecule has 0 aliphatic rings. The van der Waals surface area contributed by atoms with Crippen LogP contribution in [0.25, 0.3) is 0 Å². The van der Waals surface area contributed by atoms with Gasteiger partial charge in [-0.25, -0.2) is 13.2 Å². The summed E-state index contributed by atoms with van der Waals surface area (Å²) >= 11 is 0. The number of rotatable bonds is 7. The van der Waals surface area contributed by atoms with E-state index in [4.69, 9.17) is 5.11 Å². The minimum atomic E-state index is -3.64. The van der Waals surface area contributed by atoms with Gasteiger partial charge in [-0.15, -0.1) is 0 Å². The van der Waals surface area contributed by atoms with E-state index in [0.29, 0.717) is 13.1 Å². The number of carboxylic acids is 1. The lowest BCUT2D eigenvalue weighted by Crippen LogP contribution is -2.33. The molecule has 0 aliphatic heterocycles. The summed E-state index contributed by atoms with van der Waals surface area (Å²) in [6, 6.07) is 4.36. The first-order chi connectivity index (χ1) is 9.36. The minimum absolute atomic E-state index is 0.0269. The number of hydrogen-bond acceptors (Lipinski definition) is 3. The topological polar surface area (TPSA) is 74.7 Å². The average Bonchev–Trinajstić information content (AvgIpc) is 2.38. The Kier molecular flexibility index (Phi) is 5.71. The Hall–Kier alpha value is -1.40. The summed E-state index contributed by atoms with van der Waals surface area (Å²) in [6.45, 7) is 6.24. The molecule has 1 N–H and O–H groups in total. The van der Waals surface area contributed by atoms with Gasteiger partial charge in [0, 0.05) is 13.1 Å². The van der Waals surface area contributed by atoms with Gasteiger partial charge in [0.2, 0.25) is 10.0 Å². The van der Waals surface area contributed by atoms with Gasteiger partial charge in [-0.3, -0.25) is 0 Å². The maximum absolute atomic E-state index is 12.6. The highest BCUT2D eigenvalue weighted by Gasteiger charge is 2.26. The van der Waals surface area contributed by atoms with Gasteiger partial charge in [0.25, 0.3) is 0 Å². The second-order valence-electron chi connectivity index (χ2n) is 4.64. The zero-order valence-electron chi connectivity index (χ0n) is 12.1. The number of nitrogens with zero attached hydrogens (tertiary/aromatic N) is 1. The number of benzene rings is 1. The van der Waals surface area contributed by atoms with Crippen LogP contribution in [0.2, 0.25) is 0 Å². The lowest BCUT2D eigenvalue weighted by atomic mass is 10.1. The van der Waals surface area contributed by atoms with E-state index in [2.05, 4.69) is 0 Å². The molecule has 1 rings (SSSR count). The van der Waals surface area contributed by atoms with Crippen LogP contribution in [0.3, 0.4) is 0 Å². The van der Waals surface area contributed by atoms with Crippen LogP contribution in [0.5, 0.6) is 0 Å². The van der Waals surface area contributed by atoms with Crippen LogP contribution in [0.1, 0.15) is 42.6 Å². The second-order valence-corrected chi connectivity index (χ2v) is 6.54. The first kappa shape index (κ1) is 16.7. The summed E-state index contributed by atoms with van der Waals surface area (Å²) in [5.74, 6) is -1.11. The summed E-state index contributed by atoms with van der Waals surface area (Å²) in [6.07, 6.45) is 1.44. The predicted molar refractivity (Wildman–Crippen MR) is 77.5 cm³/mol. The summed E-state index contributed by atoms with van der Waals surface area (Å²) in [7, 11) is -3.64. The Bertz CT molecular complexity index is 575. The van der Waals surface area contributed by atoms with E-state index >= 15 is 0 Å². The molecule has 0 fully saturated rings. The van der Waals surface area contributed by atoms with Crippen molar-refractivity contribution in [2.24, 2.45) is 0 Å². The van der Waals surface area contributed by atoms with E-state index in [1.165, 1.54) is 29.4 Å². The third-order valence-corrected chi connectivity index (χ3v) is 5.12. The molecule has 0 unspecified atom stereocenters. The van der Waals surface area contributed by atoms with Crippen molar-refractivity contribution in [3.8, 4) is 0 Å². The fraction of sp³-hybridized carbons (Fsp3) is 0.500. The molecule has 1 aromatic rings. The predicted octanol–water partition coefficient (Wildman–Crippen LogP) is 2.50. The Morgan fingerprint density at radius 2 is 1.75 bits per heavy atom. The first-order valence-electron chi connectivity index (χ1n) is 6.69. The van der Waals surface area contributed by atoms with Crippen molar-refractivity contribution in [1.29, 1.82) is 0 Å². The summed E-state index contributed by atoms with van der Waals surface area (Å²) in [5.41, 5.74) is 0.316. The molecule has 0 radical (unpaired) electrons. The number of sulfonamides is 1. The molecular weight excluding hydrogens is 278 g/mol. The number of carboxylic acid groups (broad SMARTS) is 1. The first-order valence-corrected chi connectivity index (χ1v) is 8.13. The Morgan fingerprint density at radius 1 is 1.20 bits per heavy atom. The van der Waals surface area contributed by atoms with Crippen LogP contribution >= 0.6 is 0 Å². The van der Waals surface area contributed by atoms with E-state index in [9.17, 15) is 13.2 Å². The standard InChI is InChI=1S/C14H21NO4S/c1-4-9-15(10-5-2)20(18,19)13-8-6-7-12(11(13)3)14(16)17/h6-8H,4-5,9-10H2,1-3H3,(H,16,17). The number of aromatic carboxylic acids is 1. The monoisotopic (exact) mass is 299 g/mol. The van der Waals surface area contributed by atoms with Crippen molar-refractivity contribution in [1.82, 2.24) is 4.31 Å². The van der Waals surface area contributed by atoms with Gasteiger partial charge in [-0.2, -0.15) is 4.31 Å². The fourth-order valence-electron chi connectivity index (χ4n) is 2.12. The van der Waals surface area contributed by atoms with Crippen LogP contribution in [-0.2, 0) is 10.0 Å². The quantitative estimate of drug-likeness (QED) is 0.839. The van der Waals surface area contributed by atoms with Crippen LogP contribution in [0.15, 0.2) is 23.1 Å². The highest BCUT2D eigenvalue weighted by Crippen LogP contribution is 2.23. The molecule has 0 heterocycles. The van der Waals surface area contributed by atoms with Gasteiger partial charge >= 0.3 is 5.97 Å². The van der Waals surface area contributed by atoms with E-state index in [-0.39, 0.29) is 16.0 Å². The molecule has 0 atom stereocenters. The zero-order chi connectivity index (χ0) is 15.3. The molecule has 1 aromatic carbocycles. The lowest BCUT2D eigenvalue weighted by molar-refractivity contribution is 0.0696. The maximum atomic E-state index is 12.6. The molecule has 112 valence electrons. The van der Waals surface area contributed by atoms with E-state index in [1.54, 1.807) is 0 Å². The fourth-order valence-corrected chi connectivity index (χ4v) is 3.99. The Labute approximate surface area is 120 Å². The second kappa shape index (κ2) is 6.85. The number of carbonyl (C=O) groups is 1. The lowest BCUT2D eigenvalue weighted by Gasteiger charge is -2.22. The molecule has 6 heteroatoms. The van der Waals surface area contributed by atoms with Crippen LogP contribution in [0, 0.1) is 6.92 Å². The van der Waals surface area contributed by atoms with Crippen LogP contribution < -0.4 is 0 Å². The van der Waals surface area contributed by atoms with Gasteiger partial charge < -0.3 is 5.11 Å². The van der Waals surface area contributed by atoms with E-state index in [0.717, 1.165) is 12.8 Å². The van der Waals surface area contributed by atoms with Crippen LogP contribution in [-0.4, -0.2) is 36.9 Å². The van der Waals surface area contributed by atoms with Crippen molar-refractivity contribution in [2.75, 3.05) is 13.1 Å². The average molecular weight is 299 g/mol. The molecule has 0 spiro atoms. The summed E-state index contributed by atoms with van der Waals surface area (Å²) in [5, 5.41) is 9.09. The molecule has 0 aliphatic carbocycles. The molecule has 5 nitrogen and oxygen atoms in total. The molecule has 0 aromatic heterocycles. The van der Waals surface area contributed by atoms with E-state index < -0.39 is 16.0 Å². The number of hydrogen-bond donors (Lipinski definition) is 1. The van der Waals surface area contributed by atoms with Gasteiger partial charge in [0.05, 0.1) is 10.5 Å². The minimum Gasteiger partial charge on any atom is -0.478 e. The van der Waals surface area contributed by atoms with Crippen molar-refractivity contribution in [3.63, 3.8) is 0 Å². The van der Waals surface area contributed by atoms with Crippen molar-refractivity contribution in [2.45, 2.75) is 38.5 Å². The molecule has 0 bridgehead atoms. The SMILES string of the molecule is CCCN(CCC)S(=O)(=O)c1cccc(C(=O)O)c1C. The highest BCUT2D eigenvalue weighted by molar-refractivity contribution is 7.89. The summed E-state index contributed by atoms with van der Waals surface area (Å²) < 4.78 is 26.7. The normalized spacial score (nSPS) is 11.8. The molecule has 0 amide bonds. The zero-order valence-corrected chi connectivity index (χ0v) is 12.9. The van der Waals surface area contributed by atoms with Gasteiger partial charge in [0.15, 0.2) is 0 Å².